The van der Waals surface area contributed by atoms with E-state index < -0.39 is 34.3 Å². The van der Waals surface area contributed by atoms with Crippen LogP contribution in [0.3, 0.4) is 0 Å². The molecule has 10 heteroatoms. The first-order valence-electron chi connectivity index (χ1n) is 13.1. The largest absolute Gasteiger partial charge is 0.497 e. The Hall–Kier alpha value is -3.92. The Kier molecular flexibility index (Phi) is 10.7. The fourth-order valence-corrected chi connectivity index (χ4v) is 5.43. The van der Waals surface area contributed by atoms with Crippen molar-refractivity contribution in [2.24, 2.45) is 0 Å². The molecule has 8 nitrogen and oxygen atoms in total. The van der Waals surface area contributed by atoms with Crippen molar-refractivity contribution in [2.75, 3.05) is 24.5 Å². The van der Waals surface area contributed by atoms with Gasteiger partial charge in [-0.25, -0.2) is 12.8 Å². The molecule has 0 spiro atoms. The predicted molar refractivity (Wildman–Crippen MR) is 153 cm³/mol. The molecule has 3 aromatic carbocycles. The van der Waals surface area contributed by atoms with Crippen LogP contribution in [0.2, 0.25) is 0 Å². The van der Waals surface area contributed by atoms with Gasteiger partial charge < -0.3 is 15.0 Å². The van der Waals surface area contributed by atoms with Crippen molar-refractivity contribution in [3.05, 3.63) is 89.7 Å². The molecule has 0 aromatic heterocycles. The lowest BCUT2D eigenvalue weighted by Crippen LogP contribution is -2.51. The van der Waals surface area contributed by atoms with Crippen molar-refractivity contribution in [1.29, 1.82) is 0 Å². The van der Waals surface area contributed by atoms with Gasteiger partial charge in [0.15, 0.2) is 0 Å². The number of carbonyl (C=O) groups is 2. The second-order valence-electron chi connectivity index (χ2n) is 9.49. The Morgan fingerprint density at radius 2 is 1.60 bits per heavy atom. The van der Waals surface area contributed by atoms with Gasteiger partial charge in [0.25, 0.3) is 10.0 Å². The zero-order chi connectivity index (χ0) is 29.3. The molecular weight excluding hydrogens is 533 g/mol. The van der Waals surface area contributed by atoms with Crippen molar-refractivity contribution >= 4 is 27.5 Å². The molecule has 1 unspecified atom stereocenters. The van der Waals surface area contributed by atoms with Crippen LogP contribution in [0, 0.1) is 12.7 Å². The van der Waals surface area contributed by atoms with Crippen molar-refractivity contribution < 1.29 is 27.1 Å². The lowest BCUT2D eigenvalue weighted by atomic mass is 10.1. The Morgan fingerprint density at radius 3 is 2.17 bits per heavy atom. The van der Waals surface area contributed by atoms with Gasteiger partial charge in [-0.2, -0.15) is 0 Å². The van der Waals surface area contributed by atoms with Gasteiger partial charge in [0, 0.05) is 13.1 Å². The topological polar surface area (TPSA) is 96.0 Å². The number of nitrogens with one attached hydrogen (secondary N) is 1. The smallest absolute Gasteiger partial charge is 0.264 e. The number of anilines is 1. The highest BCUT2D eigenvalue weighted by Crippen LogP contribution is 2.27. The van der Waals surface area contributed by atoms with Crippen LogP contribution in [-0.2, 0) is 26.2 Å². The quantitative estimate of drug-likeness (QED) is 0.302. The molecule has 0 aliphatic heterocycles. The van der Waals surface area contributed by atoms with E-state index >= 15 is 0 Å². The SMILES string of the molecule is CCCCNC(=O)C(C)N(Cc1ccc(F)cc1)C(=O)CN(c1ccc(OC)cc1)S(=O)(=O)c1ccc(C)cc1. The number of rotatable bonds is 13. The van der Waals surface area contributed by atoms with Crippen LogP contribution in [0.15, 0.2) is 77.7 Å². The van der Waals surface area contributed by atoms with E-state index in [4.69, 9.17) is 4.74 Å². The average molecular weight is 570 g/mol. The Labute approximate surface area is 235 Å². The molecule has 3 aromatic rings. The van der Waals surface area contributed by atoms with Crippen LogP contribution in [0.5, 0.6) is 5.75 Å². The number of amides is 2. The fraction of sp³-hybridized carbons (Fsp3) is 0.333. The number of aryl methyl sites for hydroxylation is 1. The van der Waals surface area contributed by atoms with Crippen LogP contribution in [0.1, 0.15) is 37.8 Å². The van der Waals surface area contributed by atoms with Crippen molar-refractivity contribution in [2.45, 2.75) is 51.1 Å². The van der Waals surface area contributed by atoms with E-state index in [0.29, 0.717) is 17.9 Å². The molecule has 0 aliphatic carbocycles. The summed E-state index contributed by atoms with van der Waals surface area (Å²) in [7, 11) is -2.67. The van der Waals surface area contributed by atoms with Crippen molar-refractivity contribution in [1.82, 2.24) is 10.2 Å². The van der Waals surface area contributed by atoms with Gasteiger partial charge in [0.1, 0.15) is 24.2 Å². The Balaban J connectivity index is 1.99. The standard InChI is InChI=1S/C30H36FN3O5S/c1-5-6-19-32-30(36)23(3)33(20-24-9-11-25(31)12-10-24)29(35)21-34(26-13-15-27(39-4)16-14-26)40(37,38)28-17-7-22(2)8-18-28/h7-18,23H,5-6,19-21H2,1-4H3,(H,32,36). The molecule has 40 heavy (non-hydrogen) atoms. The number of carbonyl (C=O) groups excluding carboxylic acids is 2. The second-order valence-corrected chi connectivity index (χ2v) is 11.4. The maximum Gasteiger partial charge on any atom is 0.264 e. The zero-order valence-electron chi connectivity index (χ0n) is 23.3. The molecule has 0 heterocycles. The third-order valence-electron chi connectivity index (χ3n) is 6.51. The highest BCUT2D eigenvalue weighted by molar-refractivity contribution is 7.92. The molecule has 0 radical (unpaired) electrons. The Morgan fingerprint density at radius 1 is 0.975 bits per heavy atom. The van der Waals surface area contributed by atoms with Crippen LogP contribution < -0.4 is 14.4 Å². The van der Waals surface area contributed by atoms with Gasteiger partial charge in [-0.15, -0.1) is 0 Å². The number of hydrogen-bond donors (Lipinski definition) is 1. The number of hydrogen-bond acceptors (Lipinski definition) is 5. The van der Waals surface area contributed by atoms with E-state index in [-0.39, 0.29) is 23.0 Å². The van der Waals surface area contributed by atoms with Crippen LogP contribution >= 0.6 is 0 Å². The fourth-order valence-electron chi connectivity index (χ4n) is 4.02. The summed E-state index contributed by atoms with van der Waals surface area (Å²) in [6.45, 7) is 5.33. The summed E-state index contributed by atoms with van der Waals surface area (Å²) < 4.78 is 47.5. The lowest BCUT2D eigenvalue weighted by Gasteiger charge is -2.32. The van der Waals surface area contributed by atoms with E-state index in [1.165, 1.54) is 48.4 Å². The molecule has 0 saturated carbocycles. The lowest BCUT2D eigenvalue weighted by molar-refractivity contribution is -0.139. The average Bonchev–Trinajstić information content (AvgIpc) is 2.95. The molecule has 0 bridgehead atoms. The third-order valence-corrected chi connectivity index (χ3v) is 8.30. The number of unbranched alkanes of at least 4 members (excludes halogenated alkanes) is 1. The number of benzene rings is 3. The summed E-state index contributed by atoms with van der Waals surface area (Å²) in [6.07, 6.45) is 1.67. The minimum atomic E-state index is -4.17. The van der Waals surface area contributed by atoms with Gasteiger partial charge >= 0.3 is 0 Å². The van der Waals surface area contributed by atoms with Gasteiger partial charge in [-0.1, -0.05) is 43.2 Å². The molecule has 1 atom stereocenters. The minimum absolute atomic E-state index is 0.0114. The summed E-state index contributed by atoms with van der Waals surface area (Å²) in [5.74, 6) is -0.852. The predicted octanol–water partition coefficient (Wildman–Crippen LogP) is 4.67. The van der Waals surface area contributed by atoms with Gasteiger partial charge in [0.2, 0.25) is 11.8 Å². The second kappa shape index (κ2) is 13.9. The molecule has 2 amide bonds. The molecular formula is C30H36FN3O5S. The molecule has 1 N–H and O–H groups in total. The van der Waals surface area contributed by atoms with E-state index in [2.05, 4.69) is 5.32 Å². The number of methoxy groups -OCH3 is 1. The first-order valence-corrected chi connectivity index (χ1v) is 14.6. The Bertz CT molecular complexity index is 1380. The van der Waals surface area contributed by atoms with Crippen molar-refractivity contribution in [3.8, 4) is 5.75 Å². The normalized spacial score (nSPS) is 11.9. The van der Waals surface area contributed by atoms with E-state index in [0.717, 1.165) is 22.7 Å². The minimum Gasteiger partial charge on any atom is -0.497 e. The zero-order valence-corrected chi connectivity index (χ0v) is 24.1. The summed E-state index contributed by atoms with van der Waals surface area (Å²) in [6, 6.07) is 17.4. The third kappa shape index (κ3) is 7.81. The maximum atomic E-state index is 13.9. The molecule has 0 aliphatic rings. The maximum absolute atomic E-state index is 13.9. The van der Waals surface area contributed by atoms with Crippen molar-refractivity contribution in [3.63, 3.8) is 0 Å². The van der Waals surface area contributed by atoms with E-state index in [1.807, 2.05) is 13.8 Å². The van der Waals surface area contributed by atoms with Gasteiger partial charge in [0.05, 0.1) is 17.7 Å². The first kappa shape index (κ1) is 30.6. The number of sulfonamides is 1. The van der Waals surface area contributed by atoms with Crippen LogP contribution in [0.4, 0.5) is 10.1 Å². The van der Waals surface area contributed by atoms with Gasteiger partial charge in [-0.3, -0.25) is 13.9 Å². The number of ether oxygens (including phenoxy) is 1. The number of halogens is 1. The monoisotopic (exact) mass is 569 g/mol. The summed E-state index contributed by atoms with van der Waals surface area (Å²) in [5, 5.41) is 2.83. The summed E-state index contributed by atoms with van der Waals surface area (Å²) in [5.41, 5.74) is 1.75. The van der Waals surface area contributed by atoms with Crippen LogP contribution in [0.25, 0.3) is 0 Å². The molecule has 214 valence electrons. The van der Waals surface area contributed by atoms with E-state index in [1.54, 1.807) is 43.3 Å². The molecule has 0 saturated heterocycles. The summed E-state index contributed by atoms with van der Waals surface area (Å²) in [4.78, 5) is 28.2. The molecule has 3 rings (SSSR count). The summed E-state index contributed by atoms with van der Waals surface area (Å²) >= 11 is 0. The number of nitrogens with zero attached hydrogens (tertiary/aromatic N) is 2. The van der Waals surface area contributed by atoms with Crippen LogP contribution in [-0.4, -0.2) is 51.4 Å². The van der Waals surface area contributed by atoms with Gasteiger partial charge in [-0.05, 0) is 74.4 Å². The molecule has 0 fully saturated rings. The first-order chi connectivity index (χ1) is 19.1. The highest BCUT2D eigenvalue weighted by atomic mass is 32.2. The highest BCUT2D eigenvalue weighted by Gasteiger charge is 2.32. The van der Waals surface area contributed by atoms with E-state index in [9.17, 15) is 22.4 Å².